The lowest BCUT2D eigenvalue weighted by Gasteiger charge is -2.42. The number of aliphatic hydroxyl groups is 2. The molecule has 0 radical (unpaired) electrons. The predicted octanol–water partition coefficient (Wildman–Crippen LogP) is 5.12. The molecule has 2 saturated heterocycles. The van der Waals surface area contributed by atoms with E-state index in [-0.39, 0.29) is 61.0 Å². The van der Waals surface area contributed by atoms with E-state index < -0.39 is 87.7 Å². The molecule has 3 aliphatic heterocycles. The number of carbonyl (C=O) groups excluding carboxylic acids is 5. The third-order valence-corrected chi connectivity index (χ3v) is 15.5. The van der Waals surface area contributed by atoms with Crippen molar-refractivity contribution in [2.24, 2.45) is 29.6 Å². The van der Waals surface area contributed by atoms with Crippen LogP contribution in [0.25, 0.3) is 0 Å². The number of hydrogen-bond donors (Lipinski definition) is 3. The smallest absolute Gasteiger partial charge is 0.328 e. The lowest BCUT2D eigenvalue weighted by Crippen LogP contribution is -2.59. The molecule has 15 atom stereocenters. The highest BCUT2D eigenvalue weighted by molar-refractivity contribution is 7.88. The van der Waals surface area contributed by atoms with E-state index in [2.05, 4.69) is 4.72 Å². The molecule has 1 saturated carbocycles. The van der Waals surface area contributed by atoms with Crippen LogP contribution in [0.1, 0.15) is 119 Å². The standard InChI is InChI=1S/C52H82N2O15S/c1-31-17-15-13-12-14-16-18-32(2)46(56)48(65-10)47(57)35(5)25-33(3)42(55)29-44(34(4)26-38-20-22-43(45(27-38)64-9)67-40-23-24-66-30-40)68-51(60)37(7)54(8)50(59)49(58)52(61)36(6)19-21-39(69-52)28-41(31)53-70(11,62)63/h12-15,17,25,32-34,36-41,43-45,47-48,53,57,61H,16,18-24,26-30H2,1-11H3/b14-12-,15-13-,31-17-,35-25-/t32?,33?,34-,36+,37?,38+,39-,40?,41?,43-,44?,45-,47?,48?,52+/m1/s1. The minimum Gasteiger partial charge on any atom is -0.460 e. The number of ketones is 3. The fraction of sp³-hybridized carbons (Fsp3) is 0.750. The summed E-state index contributed by atoms with van der Waals surface area (Å²) in [5.41, 5.74) is 0.972. The summed E-state index contributed by atoms with van der Waals surface area (Å²) in [5.74, 6) is -8.86. The number of ether oxygens (including phenoxy) is 6. The van der Waals surface area contributed by atoms with Crippen molar-refractivity contribution in [3.05, 3.63) is 47.6 Å². The van der Waals surface area contributed by atoms with Gasteiger partial charge in [-0.25, -0.2) is 17.9 Å². The van der Waals surface area contributed by atoms with Gasteiger partial charge in [-0.3, -0.25) is 19.2 Å². The van der Waals surface area contributed by atoms with E-state index in [1.165, 1.54) is 21.1 Å². The molecule has 4 aliphatic rings. The van der Waals surface area contributed by atoms with E-state index in [4.69, 9.17) is 28.4 Å². The Hall–Kier alpha value is -3.46. The van der Waals surface area contributed by atoms with Gasteiger partial charge in [0.2, 0.25) is 15.8 Å². The summed E-state index contributed by atoms with van der Waals surface area (Å²) >= 11 is 0. The predicted molar refractivity (Wildman–Crippen MR) is 263 cm³/mol. The van der Waals surface area contributed by atoms with Gasteiger partial charge in [0.25, 0.3) is 11.7 Å². The van der Waals surface area contributed by atoms with Gasteiger partial charge in [-0.05, 0) is 102 Å². The van der Waals surface area contributed by atoms with Gasteiger partial charge < -0.3 is 43.5 Å². The molecule has 1 amide bonds. The van der Waals surface area contributed by atoms with Crippen molar-refractivity contribution in [2.75, 3.05) is 40.7 Å². The molecular formula is C52H82N2O15S. The molecule has 8 unspecified atom stereocenters. The molecule has 70 heavy (non-hydrogen) atoms. The molecule has 3 fully saturated rings. The average Bonchev–Trinajstić information content (AvgIpc) is 3.83. The fourth-order valence-corrected chi connectivity index (χ4v) is 10.7. The Bertz CT molecular complexity index is 2030. The molecule has 0 aromatic rings. The highest BCUT2D eigenvalue weighted by atomic mass is 32.2. The zero-order valence-electron chi connectivity index (χ0n) is 43.3. The average molecular weight is 1010 g/mol. The number of allylic oxidation sites excluding steroid dienone is 6. The van der Waals surface area contributed by atoms with Crippen molar-refractivity contribution in [3.63, 3.8) is 0 Å². The molecule has 4 rings (SSSR count). The number of sulfonamides is 1. The summed E-state index contributed by atoms with van der Waals surface area (Å²) in [6.45, 7) is 12.9. The third-order valence-electron chi connectivity index (χ3n) is 14.8. The SMILES string of the molecule is COC1C(=O)C(C)CC\C=C/C=C\C=C(\C)C(NS(C)(=O)=O)C[C@H]2CC[C@H](C)[C@](O)(O2)C(=O)C(=O)N(C)C(C)C(=O)OC([C@H](C)C[C@@H]2CC[C@@H](OC3CCOC3)[C@H](OC)C2)CC(=O)C(C)/C=C(/C)C1O. The van der Waals surface area contributed by atoms with Crippen LogP contribution < -0.4 is 4.72 Å². The number of nitrogens with zero attached hydrogens (tertiary/aromatic N) is 1. The maximum Gasteiger partial charge on any atom is 0.328 e. The van der Waals surface area contributed by atoms with E-state index in [1.807, 2.05) is 13.0 Å². The fourth-order valence-electron chi connectivity index (χ4n) is 9.89. The maximum atomic E-state index is 14.1. The van der Waals surface area contributed by atoms with Crippen molar-refractivity contribution in [2.45, 2.75) is 180 Å². The molecule has 17 nitrogen and oxygen atoms in total. The van der Waals surface area contributed by atoms with Gasteiger partial charge in [0.1, 0.15) is 30.1 Å². The quantitative estimate of drug-likeness (QED) is 0.155. The normalized spacial score (nSPS) is 38.8. The molecule has 3 N–H and O–H groups in total. The largest absolute Gasteiger partial charge is 0.460 e. The number of cyclic esters (lactones) is 1. The first-order chi connectivity index (χ1) is 32.9. The Balaban J connectivity index is 1.66. The van der Waals surface area contributed by atoms with Crippen LogP contribution in [0.15, 0.2) is 47.6 Å². The van der Waals surface area contributed by atoms with E-state index in [0.29, 0.717) is 56.5 Å². The van der Waals surface area contributed by atoms with Crippen LogP contribution in [0.2, 0.25) is 0 Å². The number of likely N-dealkylation sites (N-methyl/N-ethyl adjacent to an activating group) is 1. The minimum absolute atomic E-state index is 0.0173. The molecule has 0 aromatic heterocycles. The van der Waals surface area contributed by atoms with Crippen LogP contribution in [-0.2, 0) is 62.4 Å². The minimum atomic E-state index is -3.74. The molecule has 1 aliphatic carbocycles. The van der Waals surface area contributed by atoms with Crippen LogP contribution in [0.5, 0.6) is 0 Å². The van der Waals surface area contributed by atoms with Crippen LogP contribution in [-0.4, -0.2) is 154 Å². The van der Waals surface area contributed by atoms with Crippen molar-refractivity contribution in [1.29, 1.82) is 0 Å². The van der Waals surface area contributed by atoms with Crippen LogP contribution in [0, 0.1) is 29.6 Å². The summed E-state index contributed by atoms with van der Waals surface area (Å²) in [6, 6.07) is -2.15. The molecule has 0 aromatic carbocycles. The lowest BCUT2D eigenvalue weighted by atomic mass is 9.78. The van der Waals surface area contributed by atoms with Crippen LogP contribution in [0.4, 0.5) is 0 Å². The summed E-state index contributed by atoms with van der Waals surface area (Å²) in [6.07, 6.45) is 12.0. The number of methoxy groups -OCH3 is 2. The zero-order chi connectivity index (χ0) is 52.1. The third kappa shape index (κ3) is 16.5. The summed E-state index contributed by atoms with van der Waals surface area (Å²) < 4.78 is 63.1. The summed E-state index contributed by atoms with van der Waals surface area (Å²) in [5, 5.41) is 23.3. The number of carbonyl (C=O) groups is 5. The van der Waals surface area contributed by atoms with Crippen molar-refractivity contribution < 1.29 is 71.0 Å². The zero-order valence-corrected chi connectivity index (χ0v) is 44.1. The van der Waals surface area contributed by atoms with E-state index in [0.717, 1.165) is 30.4 Å². The number of rotatable bonds is 9. The Morgan fingerprint density at radius 3 is 2.27 bits per heavy atom. The molecule has 2 bridgehead atoms. The number of amides is 1. The van der Waals surface area contributed by atoms with Gasteiger partial charge in [0.15, 0.2) is 5.78 Å². The first-order valence-electron chi connectivity index (χ1n) is 25.0. The second-order valence-corrected chi connectivity index (χ2v) is 22.2. The van der Waals surface area contributed by atoms with Gasteiger partial charge in [-0.1, -0.05) is 69.7 Å². The van der Waals surface area contributed by atoms with E-state index >= 15 is 0 Å². The second kappa shape index (κ2) is 27.0. The molecular weight excluding hydrogens is 925 g/mol. The molecule has 3 heterocycles. The number of fused-ring (bicyclic) bond motifs is 2. The van der Waals surface area contributed by atoms with E-state index in [9.17, 15) is 42.6 Å². The summed E-state index contributed by atoms with van der Waals surface area (Å²) in [7, 11) is 0.522. The molecule has 18 heteroatoms. The van der Waals surface area contributed by atoms with Gasteiger partial charge in [-0.2, -0.15) is 0 Å². The number of esters is 1. The molecule has 396 valence electrons. The van der Waals surface area contributed by atoms with Crippen molar-refractivity contribution >= 4 is 39.2 Å². The Labute approximate surface area is 416 Å². The van der Waals surface area contributed by atoms with Gasteiger partial charge in [0.05, 0.1) is 37.3 Å². The number of aliphatic hydroxyl groups excluding tert-OH is 1. The number of nitrogens with one attached hydrogen (secondary N) is 1. The summed E-state index contributed by atoms with van der Waals surface area (Å²) in [4.78, 5) is 70.8. The number of Topliss-reactive ketones (excluding diaryl/α,β-unsaturated/α-hetero) is 3. The monoisotopic (exact) mass is 1010 g/mol. The van der Waals surface area contributed by atoms with Crippen molar-refractivity contribution in [3.8, 4) is 0 Å². The maximum absolute atomic E-state index is 14.1. The highest BCUT2D eigenvalue weighted by Crippen LogP contribution is 2.38. The van der Waals surface area contributed by atoms with Gasteiger partial charge >= 0.3 is 5.97 Å². The highest BCUT2D eigenvalue weighted by Gasteiger charge is 2.52. The molecule has 0 spiro atoms. The van der Waals surface area contributed by atoms with Gasteiger partial charge in [-0.15, -0.1) is 0 Å². The lowest BCUT2D eigenvalue weighted by molar-refractivity contribution is -0.263. The number of hydrogen-bond acceptors (Lipinski definition) is 15. The first-order valence-corrected chi connectivity index (χ1v) is 26.9. The van der Waals surface area contributed by atoms with Crippen molar-refractivity contribution in [1.82, 2.24) is 9.62 Å². The van der Waals surface area contributed by atoms with E-state index in [1.54, 1.807) is 72.1 Å². The first kappa shape index (κ1) is 59.1. The van der Waals surface area contributed by atoms with Gasteiger partial charge in [0, 0.05) is 58.1 Å². The Morgan fingerprint density at radius 1 is 0.914 bits per heavy atom. The Morgan fingerprint density at radius 2 is 1.63 bits per heavy atom. The Kier molecular flexibility index (Phi) is 22.8. The topological polar surface area (TPSA) is 231 Å². The van der Waals surface area contributed by atoms with Crippen LogP contribution in [0.3, 0.4) is 0 Å². The van der Waals surface area contributed by atoms with Crippen LogP contribution >= 0.6 is 0 Å². The second-order valence-electron chi connectivity index (χ2n) is 20.4.